The maximum Gasteiger partial charge on any atom is 0.255 e. The first kappa shape index (κ1) is 23.0. The highest BCUT2D eigenvalue weighted by molar-refractivity contribution is 7.22. The number of aromatic nitrogens is 2. The van der Waals surface area contributed by atoms with E-state index < -0.39 is 0 Å². The van der Waals surface area contributed by atoms with Crippen LogP contribution >= 0.6 is 8.86 Å². The second-order valence-electron chi connectivity index (χ2n) is 8.13. The Hall–Kier alpha value is -3.15. The van der Waals surface area contributed by atoms with E-state index in [1.807, 2.05) is 48.0 Å². The lowest BCUT2D eigenvalue weighted by molar-refractivity contribution is 0.0558. The van der Waals surface area contributed by atoms with Crippen molar-refractivity contribution in [1.29, 1.82) is 0 Å². The molecule has 0 radical (unpaired) electrons. The molecule has 1 aliphatic rings. The first-order valence-corrected chi connectivity index (χ1v) is 11.5. The molecular formula is C25H29N4O3P. The topological polar surface area (TPSA) is 91.4 Å². The van der Waals surface area contributed by atoms with Gasteiger partial charge in [-0.15, -0.1) is 8.86 Å². The fourth-order valence-corrected chi connectivity index (χ4v) is 4.35. The van der Waals surface area contributed by atoms with E-state index in [1.54, 1.807) is 19.2 Å². The van der Waals surface area contributed by atoms with Crippen LogP contribution in [0.1, 0.15) is 47.3 Å². The van der Waals surface area contributed by atoms with E-state index in [1.165, 1.54) is 0 Å². The van der Waals surface area contributed by atoms with Crippen LogP contribution < -0.4 is 15.8 Å². The van der Waals surface area contributed by atoms with Crippen molar-refractivity contribution in [2.45, 2.75) is 32.4 Å². The summed E-state index contributed by atoms with van der Waals surface area (Å²) in [5, 5.41) is 8.74. The minimum atomic E-state index is -0.177. The van der Waals surface area contributed by atoms with Gasteiger partial charge in [0.05, 0.1) is 30.9 Å². The summed E-state index contributed by atoms with van der Waals surface area (Å²) in [6, 6.07) is 15.3. The van der Waals surface area contributed by atoms with Gasteiger partial charge in [-0.1, -0.05) is 36.4 Å². The predicted molar refractivity (Wildman–Crippen MR) is 133 cm³/mol. The standard InChI is InChI=1S/C25H29N4O3P/c1-16(33)22-23(28-29(24(22)26)19-6-5-13-32-15-19)18-11-9-17(10-12-18)14-27-25(30)20-7-3-4-8-21(20)31-2/h3-4,7-12,19,33H,5-6,13-15,26H2,1-2H3,(H,27,30). The van der Waals surface area contributed by atoms with Crippen molar-refractivity contribution in [3.8, 4) is 17.0 Å². The second kappa shape index (κ2) is 10.2. The minimum Gasteiger partial charge on any atom is -0.496 e. The Morgan fingerprint density at radius 1 is 1.27 bits per heavy atom. The van der Waals surface area contributed by atoms with Crippen LogP contribution in [0.5, 0.6) is 5.75 Å². The molecule has 1 atom stereocenters. The number of rotatable bonds is 7. The van der Waals surface area contributed by atoms with E-state index in [0.29, 0.717) is 30.3 Å². The van der Waals surface area contributed by atoms with Gasteiger partial charge in [0.1, 0.15) is 17.3 Å². The summed E-state index contributed by atoms with van der Waals surface area (Å²) >= 11 is 0. The number of amides is 1. The van der Waals surface area contributed by atoms with E-state index in [-0.39, 0.29) is 11.9 Å². The zero-order valence-electron chi connectivity index (χ0n) is 18.9. The number of hydrogen-bond donors (Lipinski definition) is 2. The van der Waals surface area contributed by atoms with Crippen LogP contribution in [0.2, 0.25) is 0 Å². The average Bonchev–Trinajstić information content (AvgIpc) is 3.20. The van der Waals surface area contributed by atoms with Gasteiger partial charge in [-0.2, -0.15) is 5.10 Å². The highest BCUT2D eigenvalue weighted by Gasteiger charge is 2.24. The summed E-state index contributed by atoms with van der Waals surface area (Å²) in [6.07, 6.45) is 2.00. The van der Waals surface area contributed by atoms with Gasteiger partial charge >= 0.3 is 0 Å². The summed E-state index contributed by atoms with van der Waals surface area (Å²) in [7, 11) is 5.22. The van der Waals surface area contributed by atoms with Gasteiger partial charge in [-0.05, 0) is 42.8 Å². The minimum absolute atomic E-state index is 0.140. The SMILES string of the molecule is COc1ccccc1C(=O)NCc1ccc(-c2nn(C3CCCOC3)c(N)c2C(C)=P)cc1. The third kappa shape index (κ3) is 4.95. The predicted octanol–water partition coefficient (Wildman–Crippen LogP) is 4.11. The van der Waals surface area contributed by atoms with Crippen LogP contribution in [0.3, 0.4) is 0 Å². The van der Waals surface area contributed by atoms with Gasteiger partial charge in [0.2, 0.25) is 0 Å². The molecule has 1 unspecified atom stereocenters. The van der Waals surface area contributed by atoms with Crippen LogP contribution in [-0.2, 0) is 11.3 Å². The number of benzene rings is 2. The van der Waals surface area contributed by atoms with E-state index >= 15 is 0 Å². The van der Waals surface area contributed by atoms with Gasteiger partial charge in [0.25, 0.3) is 5.91 Å². The van der Waals surface area contributed by atoms with Crippen molar-refractivity contribution in [3.63, 3.8) is 0 Å². The van der Waals surface area contributed by atoms with Crippen molar-refractivity contribution in [2.75, 3.05) is 26.1 Å². The van der Waals surface area contributed by atoms with E-state index in [9.17, 15) is 4.79 Å². The zero-order chi connectivity index (χ0) is 23.4. The van der Waals surface area contributed by atoms with Crippen LogP contribution in [0.25, 0.3) is 11.3 Å². The monoisotopic (exact) mass is 464 g/mol. The first-order valence-electron chi connectivity index (χ1n) is 11.0. The Morgan fingerprint density at radius 3 is 2.70 bits per heavy atom. The fraction of sp³-hybridized carbons (Fsp3) is 0.320. The third-order valence-corrected chi connectivity index (χ3v) is 6.09. The quantitative estimate of drug-likeness (QED) is 0.514. The number of carbonyl (C=O) groups excluding carboxylic acids is 1. The third-order valence-electron chi connectivity index (χ3n) is 5.84. The molecule has 0 aliphatic carbocycles. The Kier molecular flexibility index (Phi) is 7.11. The molecule has 0 spiro atoms. The lowest BCUT2D eigenvalue weighted by Crippen LogP contribution is -2.23. The van der Waals surface area contributed by atoms with Gasteiger partial charge in [0.15, 0.2) is 0 Å². The van der Waals surface area contributed by atoms with Crippen molar-refractivity contribution in [2.24, 2.45) is 0 Å². The molecule has 1 saturated heterocycles. The van der Waals surface area contributed by atoms with E-state index in [0.717, 1.165) is 47.1 Å². The van der Waals surface area contributed by atoms with E-state index in [2.05, 4.69) is 14.2 Å². The van der Waals surface area contributed by atoms with Crippen molar-refractivity contribution in [3.05, 3.63) is 65.2 Å². The van der Waals surface area contributed by atoms with Crippen LogP contribution in [0.4, 0.5) is 5.82 Å². The molecule has 2 heterocycles. The molecule has 7 nitrogen and oxygen atoms in total. The highest BCUT2D eigenvalue weighted by atomic mass is 31.0. The molecule has 1 fully saturated rings. The van der Waals surface area contributed by atoms with Crippen molar-refractivity contribution in [1.82, 2.24) is 15.1 Å². The number of ether oxygens (including phenoxy) is 2. The first-order chi connectivity index (χ1) is 16.0. The molecule has 33 heavy (non-hydrogen) atoms. The fourth-order valence-electron chi connectivity index (χ4n) is 4.10. The maximum atomic E-state index is 12.6. The number of carbonyl (C=O) groups is 1. The van der Waals surface area contributed by atoms with Gasteiger partial charge in [-0.3, -0.25) is 4.79 Å². The molecule has 1 aromatic heterocycles. The van der Waals surface area contributed by atoms with Crippen LogP contribution in [0, 0.1) is 0 Å². The summed E-state index contributed by atoms with van der Waals surface area (Å²) in [5.74, 6) is 1.01. The number of nitrogens with two attached hydrogens (primary N) is 1. The van der Waals surface area contributed by atoms with Crippen molar-refractivity contribution >= 4 is 25.9 Å². The molecule has 0 bridgehead atoms. The summed E-state index contributed by atoms with van der Waals surface area (Å²) in [4.78, 5) is 12.6. The zero-order valence-corrected chi connectivity index (χ0v) is 19.9. The molecule has 1 amide bonds. The normalized spacial score (nSPS) is 15.8. The summed E-state index contributed by atoms with van der Waals surface area (Å²) < 4.78 is 12.8. The average molecular weight is 465 g/mol. The number of nitrogens with one attached hydrogen (secondary N) is 1. The Morgan fingerprint density at radius 2 is 2.03 bits per heavy atom. The molecule has 3 aromatic rings. The maximum absolute atomic E-state index is 12.6. The molecule has 2 aromatic carbocycles. The smallest absolute Gasteiger partial charge is 0.255 e. The Bertz CT molecular complexity index is 1150. The molecular weight excluding hydrogens is 435 g/mol. The Balaban J connectivity index is 1.52. The number of nitrogens with zero attached hydrogens (tertiary/aromatic N) is 2. The van der Waals surface area contributed by atoms with Crippen LogP contribution in [-0.4, -0.2) is 41.3 Å². The van der Waals surface area contributed by atoms with Crippen LogP contribution in [0.15, 0.2) is 48.5 Å². The summed E-state index contributed by atoms with van der Waals surface area (Å²) in [5.41, 5.74) is 10.7. The lowest BCUT2D eigenvalue weighted by Gasteiger charge is -2.23. The number of hydrogen-bond acceptors (Lipinski definition) is 5. The van der Waals surface area contributed by atoms with Crippen molar-refractivity contribution < 1.29 is 14.3 Å². The summed E-state index contributed by atoms with van der Waals surface area (Å²) in [6.45, 7) is 3.78. The lowest BCUT2D eigenvalue weighted by atomic mass is 10.0. The number of anilines is 1. The second-order valence-corrected chi connectivity index (χ2v) is 8.88. The van der Waals surface area contributed by atoms with E-state index in [4.69, 9.17) is 20.3 Å². The Labute approximate surface area is 196 Å². The largest absolute Gasteiger partial charge is 0.496 e. The van der Waals surface area contributed by atoms with Gasteiger partial charge in [0, 0.05) is 18.7 Å². The number of para-hydroxylation sites is 1. The molecule has 4 rings (SSSR count). The molecule has 172 valence electrons. The molecule has 1 aliphatic heterocycles. The molecule has 3 N–H and O–H groups in total. The number of methoxy groups -OCH3 is 1. The highest BCUT2D eigenvalue weighted by Crippen LogP contribution is 2.32. The molecule has 8 heteroatoms. The number of nitrogen functional groups attached to an aromatic ring is 1. The van der Waals surface area contributed by atoms with Gasteiger partial charge in [-0.25, -0.2) is 4.68 Å². The molecule has 0 saturated carbocycles. The van der Waals surface area contributed by atoms with Gasteiger partial charge < -0.3 is 20.5 Å².